The van der Waals surface area contributed by atoms with E-state index >= 15 is 0 Å². The summed E-state index contributed by atoms with van der Waals surface area (Å²) in [6.07, 6.45) is -0.967. The number of hydrogen-bond acceptors (Lipinski definition) is 9. The van der Waals surface area contributed by atoms with Gasteiger partial charge in [0.05, 0.1) is 35.5 Å². The molecule has 0 fully saturated rings. The monoisotopic (exact) mass is 434 g/mol. The van der Waals surface area contributed by atoms with E-state index < -0.39 is 17.7 Å². The van der Waals surface area contributed by atoms with Crippen LogP contribution in [0.5, 0.6) is 34.5 Å². The highest BCUT2D eigenvalue weighted by atomic mass is 16.7. The Hall–Kier alpha value is -3.17. The van der Waals surface area contributed by atoms with E-state index in [2.05, 4.69) is 0 Å². The molecule has 31 heavy (non-hydrogen) atoms. The summed E-state index contributed by atoms with van der Waals surface area (Å²) < 4.78 is 44.8. The summed E-state index contributed by atoms with van der Waals surface area (Å²) in [7, 11) is 10.0. The lowest BCUT2D eigenvalue weighted by Crippen LogP contribution is -2.53. The molecule has 1 heterocycles. The van der Waals surface area contributed by atoms with Crippen LogP contribution in [0.2, 0.25) is 0 Å². The predicted molar refractivity (Wildman–Crippen MR) is 110 cm³/mol. The summed E-state index contributed by atoms with van der Waals surface area (Å²) in [5.74, 6) is -0.819. The van der Waals surface area contributed by atoms with E-state index in [0.717, 1.165) is 0 Å². The molecule has 1 atom stereocenters. The minimum atomic E-state index is -1.79. The van der Waals surface area contributed by atoms with Crippen LogP contribution in [0.15, 0.2) is 24.3 Å². The summed E-state index contributed by atoms with van der Waals surface area (Å²) in [5.41, 5.74) is 0.685. The second kappa shape index (κ2) is 8.91. The number of ketones is 1. The van der Waals surface area contributed by atoms with Crippen molar-refractivity contribution in [2.75, 3.05) is 49.8 Å². The first-order valence-corrected chi connectivity index (χ1v) is 9.33. The third-order valence-electron chi connectivity index (χ3n) is 5.25. The van der Waals surface area contributed by atoms with Crippen LogP contribution in [0.3, 0.4) is 0 Å². The number of fused-ring (bicyclic) bond motifs is 1. The van der Waals surface area contributed by atoms with Crippen molar-refractivity contribution in [1.29, 1.82) is 0 Å². The summed E-state index contributed by atoms with van der Waals surface area (Å²) in [6.45, 7) is 0. The van der Waals surface area contributed by atoms with Gasteiger partial charge in [0.2, 0.25) is 23.0 Å². The van der Waals surface area contributed by atoms with E-state index in [-0.39, 0.29) is 34.3 Å². The van der Waals surface area contributed by atoms with Gasteiger partial charge in [-0.05, 0) is 17.7 Å². The van der Waals surface area contributed by atoms with Gasteiger partial charge in [-0.15, -0.1) is 0 Å². The smallest absolute Gasteiger partial charge is 0.276 e. The van der Waals surface area contributed by atoms with Crippen molar-refractivity contribution in [2.45, 2.75) is 11.9 Å². The third-order valence-corrected chi connectivity index (χ3v) is 5.25. The predicted octanol–water partition coefficient (Wildman–Crippen LogP) is 3.04. The van der Waals surface area contributed by atoms with Crippen LogP contribution in [0, 0.1) is 0 Å². The zero-order valence-electron chi connectivity index (χ0n) is 18.6. The van der Waals surface area contributed by atoms with Crippen molar-refractivity contribution < 1.29 is 42.7 Å². The molecule has 1 aliphatic heterocycles. The van der Waals surface area contributed by atoms with Crippen molar-refractivity contribution in [3.63, 3.8) is 0 Å². The summed E-state index contributed by atoms with van der Waals surface area (Å²) in [6, 6.07) is 7.03. The topological polar surface area (TPSA) is 90.9 Å². The van der Waals surface area contributed by atoms with Gasteiger partial charge >= 0.3 is 0 Å². The fourth-order valence-corrected chi connectivity index (χ4v) is 3.75. The highest BCUT2D eigenvalue weighted by Crippen LogP contribution is 2.58. The molecule has 0 spiro atoms. The SMILES string of the molecule is COc1ccc(C2Oc3c(OC)c(OC)c(OC)c(OC)c3C(=O)C2(OC)OC)cc1. The van der Waals surface area contributed by atoms with Crippen LogP contribution >= 0.6 is 0 Å². The van der Waals surface area contributed by atoms with Gasteiger partial charge in [0, 0.05) is 14.2 Å². The van der Waals surface area contributed by atoms with Gasteiger partial charge in [-0.3, -0.25) is 4.79 Å². The van der Waals surface area contributed by atoms with Gasteiger partial charge in [0.15, 0.2) is 17.6 Å². The highest BCUT2D eigenvalue weighted by molar-refractivity contribution is 6.09. The molecule has 0 N–H and O–H groups in total. The molecule has 0 aromatic heterocycles. The van der Waals surface area contributed by atoms with Gasteiger partial charge in [-0.2, -0.15) is 0 Å². The highest BCUT2D eigenvalue weighted by Gasteiger charge is 2.57. The van der Waals surface area contributed by atoms with Crippen LogP contribution in [0.4, 0.5) is 0 Å². The van der Waals surface area contributed by atoms with Crippen LogP contribution in [-0.2, 0) is 9.47 Å². The number of ether oxygens (including phenoxy) is 8. The van der Waals surface area contributed by atoms with Crippen molar-refractivity contribution in [3.05, 3.63) is 35.4 Å². The number of hydrogen-bond donors (Lipinski definition) is 0. The maximum Gasteiger partial charge on any atom is 0.276 e. The Bertz CT molecular complexity index is 949. The number of methoxy groups -OCH3 is 7. The quantitative estimate of drug-likeness (QED) is 0.582. The van der Waals surface area contributed by atoms with Crippen molar-refractivity contribution in [2.24, 2.45) is 0 Å². The van der Waals surface area contributed by atoms with Gasteiger partial charge in [-0.25, -0.2) is 0 Å². The Balaban J connectivity index is 2.34. The molecule has 3 rings (SSSR count). The maximum atomic E-state index is 13.8. The van der Waals surface area contributed by atoms with Gasteiger partial charge in [0.1, 0.15) is 11.3 Å². The zero-order chi connectivity index (χ0) is 22.8. The van der Waals surface area contributed by atoms with Crippen molar-refractivity contribution >= 4 is 5.78 Å². The molecule has 0 radical (unpaired) electrons. The Kier molecular flexibility index (Phi) is 6.47. The van der Waals surface area contributed by atoms with E-state index in [9.17, 15) is 4.79 Å². The Labute approximate surface area is 180 Å². The first-order valence-electron chi connectivity index (χ1n) is 9.33. The molecule has 0 saturated carbocycles. The summed E-state index contributed by atoms with van der Waals surface area (Å²) in [4.78, 5) is 13.8. The fraction of sp³-hybridized carbons (Fsp3) is 0.409. The van der Waals surface area contributed by atoms with Gasteiger partial charge < -0.3 is 37.9 Å². The van der Waals surface area contributed by atoms with E-state index in [0.29, 0.717) is 11.3 Å². The van der Waals surface area contributed by atoms with Crippen molar-refractivity contribution in [3.8, 4) is 34.5 Å². The molecule has 1 aliphatic rings. The van der Waals surface area contributed by atoms with E-state index in [1.54, 1.807) is 31.4 Å². The minimum absolute atomic E-state index is 0.0606. The van der Waals surface area contributed by atoms with Crippen molar-refractivity contribution in [1.82, 2.24) is 0 Å². The Morgan fingerprint density at radius 1 is 0.710 bits per heavy atom. The molecule has 9 nitrogen and oxygen atoms in total. The number of carbonyl (C=O) groups excluding carboxylic acids is 1. The molecule has 1 unspecified atom stereocenters. The Morgan fingerprint density at radius 3 is 1.68 bits per heavy atom. The number of rotatable bonds is 8. The van der Waals surface area contributed by atoms with Crippen LogP contribution in [0.25, 0.3) is 0 Å². The lowest BCUT2D eigenvalue weighted by Gasteiger charge is -2.41. The van der Waals surface area contributed by atoms with Crippen LogP contribution in [-0.4, -0.2) is 61.3 Å². The lowest BCUT2D eigenvalue weighted by atomic mass is 9.88. The molecular formula is C22H26O9. The number of carbonyl (C=O) groups is 1. The summed E-state index contributed by atoms with van der Waals surface area (Å²) in [5, 5.41) is 0. The van der Waals surface area contributed by atoms with Crippen LogP contribution in [0.1, 0.15) is 22.0 Å². The fourth-order valence-electron chi connectivity index (χ4n) is 3.75. The molecule has 168 valence electrons. The molecule has 0 aliphatic carbocycles. The number of Topliss-reactive ketones (excluding diaryl/α,β-unsaturated/α-hetero) is 1. The zero-order valence-corrected chi connectivity index (χ0v) is 18.6. The molecule has 9 heteroatoms. The summed E-state index contributed by atoms with van der Waals surface area (Å²) >= 11 is 0. The molecule has 0 amide bonds. The second-order valence-electron chi connectivity index (χ2n) is 6.51. The second-order valence-corrected chi connectivity index (χ2v) is 6.51. The van der Waals surface area contributed by atoms with E-state index in [4.69, 9.17) is 37.9 Å². The van der Waals surface area contributed by atoms with E-state index in [1.165, 1.54) is 42.7 Å². The normalized spacial score (nSPS) is 16.7. The van der Waals surface area contributed by atoms with E-state index in [1.807, 2.05) is 0 Å². The first-order chi connectivity index (χ1) is 15.0. The molecular weight excluding hydrogens is 408 g/mol. The third kappa shape index (κ3) is 3.30. The number of benzene rings is 2. The Morgan fingerprint density at radius 2 is 1.23 bits per heavy atom. The lowest BCUT2D eigenvalue weighted by molar-refractivity contribution is -0.223. The van der Waals surface area contributed by atoms with Gasteiger partial charge in [-0.1, -0.05) is 12.1 Å². The van der Waals surface area contributed by atoms with Gasteiger partial charge in [0.25, 0.3) is 5.79 Å². The van der Waals surface area contributed by atoms with Crippen LogP contribution < -0.4 is 28.4 Å². The average molecular weight is 434 g/mol. The standard InChI is InChI=1S/C22H26O9/c1-24-13-10-8-12(9-11-13)21-22(29-6,30-7)20(23)14-15(25-2)17(26-3)19(28-5)18(27-4)16(14)31-21/h8-11,21H,1-7H3. The average Bonchev–Trinajstić information content (AvgIpc) is 2.82. The molecule has 0 saturated heterocycles. The maximum absolute atomic E-state index is 13.8. The molecule has 2 aromatic carbocycles. The molecule has 0 bridgehead atoms. The minimum Gasteiger partial charge on any atom is -0.497 e. The largest absolute Gasteiger partial charge is 0.497 e. The molecule has 2 aromatic rings. The first kappa shape index (κ1) is 22.5.